The molecular formula is C20H22Si. The van der Waals surface area contributed by atoms with Gasteiger partial charge in [-0.25, -0.2) is 0 Å². The molecule has 2 aliphatic rings. The van der Waals surface area contributed by atoms with Gasteiger partial charge in [0.05, 0.1) is 0 Å². The lowest BCUT2D eigenvalue weighted by Crippen LogP contribution is -2.04. The summed E-state index contributed by atoms with van der Waals surface area (Å²) in [6.07, 6.45) is 2.79. The van der Waals surface area contributed by atoms with E-state index < -0.39 is 0 Å². The van der Waals surface area contributed by atoms with Crippen molar-refractivity contribution in [3.63, 3.8) is 0 Å². The fraction of sp³-hybridized carbons (Fsp3) is 0.300. The summed E-state index contributed by atoms with van der Waals surface area (Å²) in [5.74, 6) is 1.41. The number of hydrogen-bond donors (Lipinski definition) is 0. The van der Waals surface area contributed by atoms with E-state index in [1.54, 1.807) is 11.1 Å². The summed E-state index contributed by atoms with van der Waals surface area (Å²) in [5.41, 5.74) is 8.10. The average Bonchev–Trinajstić information content (AvgIpc) is 2.95. The predicted octanol–water partition coefficient (Wildman–Crippen LogP) is 4.73. The van der Waals surface area contributed by atoms with Crippen molar-refractivity contribution in [2.24, 2.45) is 0 Å². The van der Waals surface area contributed by atoms with Crippen LogP contribution in [-0.2, 0) is 0 Å². The summed E-state index contributed by atoms with van der Waals surface area (Å²) in [4.78, 5) is 0. The molecule has 0 heterocycles. The van der Waals surface area contributed by atoms with Gasteiger partial charge in [-0.1, -0.05) is 67.2 Å². The number of fused-ring (bicyclic) bond motifs is 5. The Morgan fingerprint density at radius 3 is 1.81 bits per heavy atom. The quantitative estimate of drug-likeness (QED) is 0.666. The van der Waals surface area contributed by atoms with Crippen LogP contribution < -0.4 is 0 Å². The molecule has 0 N–H and O–H groups in total. The van der Waals surface area contributed by atoms with Crippen molar-refractivity contribution in [1.82, 2.24) is 0 Å². The Bertz CT molecular complexity index is 643. The minimum atomic E-state index is 0.0887. The van der Waals surface area contributed by atoms with E-state index in [1.807, 2.05) is 0 Å². The monoisotopic (exact) mass is 290 g/mol. The maximum absolute atomic E-state index is 4.43. The van der Waals surface area contributed by atoms with Crippen LogP contribution in [0.5, 0.6) is 0 Å². The van der Waals surface area contributed by atoms with Gasteiger partial charge in [-0.2, -0.15) is 0 Å². The van der Waals surface area contributed by atoms with Crippen LogP contribution in [0.15, 0.2) is 55.1 Å². The highest BCUT2D eigenvalue weighted by Gasteiger charge is 2.39. The first-order valence-electron chi connectivity index (χ1n) is 8.17. The van der Waals surface area contributed by atoms with Crippen LogP contribution in [-0.4, -0.2) is 9.52 Å². The van der Waals surface area contributed by atoms with Crippen LogP contribution in [0.2, 0.25) is 12.1 Å². The van der Waals surface area contributed by atoms with Crippen LogP contribution in [0.25, 0.3) is 5.57 Å². The standard InChI is InChI=1S/C20H22Si/c1-13-15-7-3-5-9-17(15)19-11-14(21-2)12-20(19)18-10-6-4-8-16(13)18/h3-10,14,19-20H,1,11-12,21H2,2H3. The van der Waals surface area contributed by atoms with Gasteiger partial charge < -0.3 is 0 Å². The normalized spacial score (nSPS) is 27.3. The summed E-state index contributed by atoms with van der Waals surface area (Å²) in [6, 6.07) is 18.0. The fourth-order valence-electron chi connectivity index (χ4n) is 4.50. The smallest absolute Gasteiger partial charge is 0.0201 e. The van der Waals surface area contributed by atoms with Crippen molar-refractivity contribution < 1.29 is 0 Å². The van der Waals surface area contributed by atoms with Crippen LogP contribution >= 0.6 is 0 Å². The Balaban J connectivity index is 1.96. The fourth-order valence-corrected chi connectivity index (χ4v) is 5.88. The van der Waals surface area contributed by atoms with Gasteiger partial charge in [0.25, 0.3) is 0 Å². The highest BCUT2D eigenvalue weighted by Crippen LogP contribution is 2.55. The largest absolute Gasteiger partial charge is 0.0905 e. The second-order valence-corrected chi connectivity index (χ2v) is 8.58. The second-order valence-electron chi connectivity index (χ2n) is 6.61. The van der Waals surface area contributed by atoms with E-state index >= 15 is 0 Å². The zero-order chi connectivity index (χ0) is 14.4. The third-order valence-electron chi connectivity index (χ3n) is 5.61. The summed E-state index contributed by atoms with van der Waals surface area (Å²) >= 11 is 0. The molecule has 0 saturated heterocycles. The molecule has 1 fully saturated rings. The number of hydrogen-bond acceptors (Lipinski definition) is 0. The molecule has 0 nitrogen and oxygen atoms in total. The molecule has 2 atom stereocenters. The van der Waals surface area contributed by atoms with Gasteiger partial charge in [-0.15, -0.1) is 0 Å². The van der Waals surface area contributed by atoms with E-state index in [9.17, 15) is 0 Å². The van der Waals surface area contributed by atoms with Crippen molar-refractivity contribution in [2.75, 3.05) is 0 Å². The van der Waals surface area contributed by atoms with E-state index in [0.717, 1.165) is 5.54 Å². The zero-order valence-corrected chi connectivity index (χ0v) is 14.1. The van der Waals surface area contributed by atoms with Crippen molar-refractivity contribution in [2.45, 2.75) is 36.8 Å². The van der Waals surface area contributed by atoms with Gasteiger partial charge in [0, 0.05) is 9.52 Å². The molecule has 0 aliphatic heterocycles. The van der Waals surface area contributed by atoms with E-state index in [-0.39, 0.29) is 9.52 Å². The Kier molecular flexibility index (Phi) is 3.11. The topological polar surface area (TPSA) is 0 Å². The Labute approximate surface area is 129 Å². The van der Waals surface area contributed by atoms with Gasteiger partial charge in [0.2, 0.25) is 0 Å². The Morgan fingerprint density at radius 2 is 1.33 bits per heavy atom. The lowest BCUT2D eigenvalue weighted by Gasteiger charge is -2.19. The van der Waals surface area contributed by atoms with Crippen molar-refractivity contribution in [3.05, 3.63) is 77.4 Å². The predicted molar refractivity (Wildman–Crippen MR) is 93.9 cm³/mol. The summed E-state index contributed by atoms with van der Waals surface area (Å²) in [5, 5.41) is 0. The summed E-state index contributed by atoms with van der Waals surface area (Å²) in [7, 11) is 0.0887. The molecule has 4 rings (SSSR count). The average molecular weight is 290 g/mol. The van der Waals surface area contributed by atoms with Crippen molar-refractivity contribution in [3.8, 4) is 0 Å². The summed E-state index contributed by atoms with van der Waals surface area (Å²) in [6.45, 7) is 6.91. The molecule has 2 aromatic carbocycles. The molecule has 0 radical (unpaired) electrons. The van der Waals surface area contributed by atoms with Crippen LogP contribution in [0.4, 0.5) is 0 Å². The third-order valence-corrected chi connectivity index (χ3v) is 7.43. The van der Waals surface area contributed by atoms with Crippen LogP contribution in [0.3, 0.4) is 0 Å². The van der Waals surface area contributed by atoms with Gasteiger partial charge in [-0.3, -0.25) is 0 Å². The highest BCUT2D eigenvalue weighted by atomic mass is 28.2. The van der Waals surface area contributed by atoms with Gasteiger partial charge in [-0.05, 0) is 52.5 Å². The van der Waals surface area contributed by atoms with E-state index in [0.29, 0.717) is 11.8 Å². The molecule has 21 heavy (non-hydrogen) atoms. The van der Waals surface area contributed by atoms with Gasteiger partial charge in [0.1, 0.15) is 0 Å². The molecule has 1 heteroatoms. The van der Waals surface area contributed by atoms with Crippen molar-refractivity contribution in [1.29, 1.82) is 0 Å². The summed E-state index contributed by atoms with van der Waals surface area (Å²) < 4.78 is 0. The molecule has 0 spiro atoms. The SMILES string of the molecule is C=C1c2ccccc2C2CC([SiH2]C)CC2c2ccccc21. The van der Waals surface area contributed by atoms with Crippen LogP contribution in [0, 0.1) is 0 Å². The molecular weight excluding hydrogens is 268 g/mol. The first kappa shape index (κ1) is 13.1. The maximum atomic E-state index is 4.43. The van der Waals surface area contributed by atoms with Crippen molar-refractivity contribution >= 4 is 15.1 Å². The second kappa shape index (κ2) is 4.99. The molecule has 0 bridgehead atoms. The number of benzene rings is 2. The third kappa shape index (κ3) is 1.95. The zero-order valence-electron chi connectivity index (χ0n) is 12.7. The van der Waals surface area contributed by atoms with Crippen LogP contribution in [0.1, 0.15) is 46.9 Å². The lowest BCUT2D eigenvalue weighted by atomic mass is 9.84. The van der Waals surface area contributed by atoms with Gasteiger partial charge >= 0.3 is 0 Å². The van der Waals surface area contributed by atoms with E-state index in [4.69, 9.17) is 0 Å². The Hall–Kier alpha value is -1.60. The number of rotatable bonds is 1. The van der Waals surface area contributed by atoms with Gasteiger partial charge in [0.15, 0.2) is 0 Å². The van der Waals surface area contributed by atoms with E-state index in [2.05, 4.69) is 61.7 Å². The molecule has 106 valence electrons. The molecule has 0 aromatic heterocycles. The highest BCUT2D eigenvalue weighted by molar-refractivity contribution is 6.35. The molecule has 2 aromatic rings. The first-order valence-corrected chi connectivity index (χ1v) is 10.4. The molecule has 0 amide bonds. The minimum Gasteiger partial charge on any atom is -0.0905 e. The Morgan fingerprint density at radius 1 is 0.857 bits per heavy atom. The van der Waals surface area contributed by atoms with E-state index in [1.165, 1.54) is 29.5 Å². The maximum Gasteiger partial charge on any atom is 0.0201 e. The lowest BCUT2D eigenvalue weighted by molar-refractivity contribution is 0.626. The molecule has 2 unspecified atom stereocenters. The molecule has 1 saturated carbocycles. The molecule has 2 aliphatic carbocycles. The first-order chi connectivity index (χ1) is 10.3. The minimum absolute atomic E-state index is 0.0887.